The normalized spacial score (nSPS) is 10.4. The summed E-state index contributed by atoms with van der Waals surface area (Å²) in [5.74, 6) is -4.21. The minimum Gasteiger partial charge on any atom is -0.492 e. The highest BCUT2D eigenvalue weighted by atomic mass is 35.5. The van der Waals surface area contributed by atoms with Crippen molar-refractivity contribution in [3.8, 4) is 17.1 Å². The SMILES string of the molecule is COC(=O)c1nc(-c2ccc(Cl)c(OC)c2F)nc(N)c1F. The van der Waals surface area contributed by atoms with Crippen molar-refractivity contribution in [2.75, 3.05) is 20.0 Å². The van der Waals surface area contributed by atoms with Gasteiger partial charge in [0.2, 0.25) is 0 Å². The second-order valence-electron chi connectivity index (χ2n) is 4.03. The summed E-state index contributed by atoms with van der Waals surface area (Å²) in [5.41, 5.74) is 4.54. The topological polar surface area (TPSA) is 87.3 Å². The largest absolute Gasteiger partial charge is 0.492 e. The van der Waals surface area contributed by atoms with Crippen LogP contribution in [0.1, 0.15) is 10.5 Å². The zero-order chi connectivity index (χ0) is 16.4. The lowest BCUT2D eigenvalue weighted by molar-refractivity contribution is 0.0588. The summed E-state index contributed by atoms with van der Waals surface area (Å²) >= 11 is 5.79. The van der Waals surface area contributed by atoms with E-state index in [1.54, 1.807) is 0 Å². The predicted molar refractivity (Wildman–Crippen MR) is 74.7 cm³/mol. The number of anilines is 1. The number of methoxy groups -OCH3 is 2. The predicted octanol–water partition coefficient (Wildman–Crippen LogP) is 2.45. The molecule has 0 radical (unpaired) electrons. The Hall–Kier alpha value is -2.48. The number of benzene rings is 1. The number of nitrogens with two attached hydrogens (primary N) is 1. The summed E-state index contributed by atoms with van der Waals surface area (Å²) in [7, 11) is 2.28. The summed E-state index contributed by atoms with van der Waals surface area (Å²) in [5, 5.41) is 0.0343. The van der Waals surface area contributed by atoms with E-state index in [4.69, 9.17) is 22.1 Å². The van der Waals surface area contributed by atoms with Crippen molar-refractivity contribution in [3.05, 3.63) is 34.5 Å². The standard InChI is InChI=1S/C13H10ClF2N3O3/c1-21-10-6(14)4-3-5(7(10)15)12-18-9(13(20)22-2)8(16)11(17)19-12/h3-4H,1-2H3,(H2,17,18,19). The second kappa shape index (κ2) is 6.10. The van der Waals surface area contributed by atoms with Crippen LogP contribution in [0.4, 0.5) is 14.6 Å². The molecule has 6 nitrogen and oxygen atoms in total. The molecule has 1 aromatic carbocycles. The zero-order valence-corrected chi connectivity index (χ0v) is 12.2. The van der Waals surface area contributed by atoms with E-state index in [1.165, 1.54) is 19.2 Å². The lowest BCUT2D eigenvalue weighted by Crippen LogP contribution is -2.13. The Kier molecular flexibility index (Phi) is 4.41. The Morgan fingerprint density at radius 2 is 1.91 bits per heavy atom. The van der Waals surface area contributed by atoms with Gasteiger partial charge in [0.25, 0.3) is 0 Å². The van der Waals surface area contributed by atoms with Crippen LogP contribution in [0.2, 0.25) is 5.02 Å². The lowest BCUT2D eigenvalue weighted by atomic mass is 10.1. The molecule has 0 spiro atoms. The molecule has 0 unspecified atom stereocenters. The average molecular weight is 330 g/mol. The summed E-state index contributed by atoms with van der Waals surface area (Å²) in [4.78, 5) is 18.8. The van der Waals surface area contributed by atoms with Crippen LogP contribution >= 0.6 is 11.6 Å². The van der Waals surface area contributed by atoms with Gasteiger partial charge in [0.05, 0.1) is 24.8 Å². The van der Waals surface area contributed by atoms with Crippen LogP contribution in [0.25, 0.3) is 11.4 Å². The minimum atomic E-state index is -1.14. The Morgan fingerprint density at radius 3 is 2.50 bits per heavy atom. The molecular formula is C13H10ClF2N3O3. The van der Waals surface area contributed by atoms with Gasteiger partial charge < -0.3 is 15.2 Å². The van der Waals surface area contributed by atoms with E-state index in [0.29, 0.717) is 0 Å². The average Bonchev–Trinajstić information content (AvgIpc) is 2.50. The molecule has 2 aromatic rings. The summed E-state index contributed by atoms with van der Waals surface area (Å²) in [6, 6.07) is 2.60. The summed E-state index contributed by atoms with van der Waals surface area (Å²) < 4.78 is 37.3. The molecule has 2 rings (SSSR count). The maximum atomic E-state index is 14.3. The third-order valence-electron chi connectivity index (χ3n) is 2.75. The number of nitrogens with zero attached hydrogens (tertiary/aromatic N) is 2. The van der Waals surface area contributed by atoms with Gasteiger partial charge in [-0.3, -0.25) is 0 Å². The number of esters is 1. The first-order valence-electron chi connectivity index (χ1n) is 5.84. The van der Waals surface area contributed by atoms with Crippen LogP contribution in [0.3, 0.4) is 0 Å². The molecule has 0 aliphatic rings. The molecule has 1 aromatic heterocycles. The number of rotatable bonds is 3. The number of nitrogen functional groups attached to an aromatic ring is 1. The van der Waals surface area contributed by atoms with Crippen molar-refractivity contribution in [1.29, 1.82) is 0 Å². The molecule has 22 heavy (non-hydrogen) atoms. The molecule has 0 saturated heterocycles. The minimum absolute atomic E-state index is 0.0343. The van der Waals surface area contributed by atoms with Crippen LogP contribution < -0.4 is 10.5 Å². The second-order valence-corrected chi connectivity index (χ2v) is 4.44. The molecule has 0 aliphatic heterocycles. The monoisotopic (exact) mass is 329 g/mol. The molecule has 0 atom stereocenters. The molecule has 0 saturated carbocycles. The van der Waals surface area contributed by atoms with Crippen molar-refractivity contribution < 1.29 is 23.0 Å². The van der Waals surface area contributed by atoms with Crippen LogP contribution in [0, 0.1) is 11.6 Å². The first-order chi connectivity index (χ1) is 10.4. The smallest absolute Gasteiger partial charge is 0.359 e. The Bertz CT molecular complexity index is 756. The van der Waals surface area contributed by atoms with E-state index >= 15 is 0 Å². The number of halogens is 3. The van der Waals surface area contributed by atoms with Crippen LogP contribution in [-0.4, -0.2) is 30.2 Å². The summed E-state index contributed by atoms with van der Waals surface area (Å²) in [6.07, 6.45) is 0. The van der Waals surface area contributed by atoms with Crippen LogP contribution in [0.5, 0.6) is 5.75 Å². The summed E-state index contributed by atoms with van der Waals surface area (Å²) in [6.45, 7) is 0. The maximum Gasteiger partial charge on any atom is 0.359 e. The molecule has 2 N–H and O–H groups in total. The van der Waals surface area contributed by atoms with Crippen molar-refractivity contribution in [2.24, 2.45) is 0 Å². The zero-order valence-electron chi connectivity index (χ0n) is 11.5. The van der Waals surface area contributed by atoms with E-state index in [9.17, 15) is 13.6 Å². The Labute approximate surface area is 128 Å². The third kappa shape index (κ3) is 2.64. The van der Waals surface area contributed by atoms with Gasteiger partial charge in [-0.25, -0.2) is 23.5 Å². The van der Waals surface area contributed by atoms with E-state index in [0.717, 1.165) is 7.11 Å². The fourth-order valence-electron chi connectivity index (χ4n) is 1.71. The highest BCUT2D eigenvalue weighted by molar-refractivity contribution is 6.32. The number of aromatic nitrogens is 2. The number of carbonyl (C=O) groups is 1. The van der Waals surface area contributed by atoms with Gasteiger partial charge in [-0.1, -0.05) is 11.6 Å². The number of ether oxygens (including phenoxy) is 2. The molecule has 116 valence electrons. The van der Waals surface area contributed by atoms with Crippen LogP contribution in [0.15, 0.2) is 12.1 Å². The van der Waals surface area contributed by atoms with Crippen molar-refractivity contribution in [3.63, 3.8) is 0 Å². The quantitative estimate of drug-likeness (QED) is 0.870. The van der Waals surface area contributed by atoms with Gasteiger partial charge in [-0.15, -0.1) is 0 Å². The molecule has 9 heteroatoms. The van der Waals surface area contributed by atoms with Gasteiger partial charge >= 0.3 is 5.97 Å². The highest BCUT2D eigenvalue weighted by Crippen LogP contribution is 2.34. The van der Waals surface area contributed by atoms with Gasteiger partial charge in [0.1, 0.15) is 0 Å². The van der Waals surface area contributed by atoms with E-state index in [1.807, 2.05) is 0 Å². The Morgan fingerprint density at radius 1 is 1.23 bits per heavy atom. The molecule has 1 heterocycles. The van der Waals surface area contributed by atoms with Gasteiger partial charge in [0, 0.05) is 0 Å². The number of carbonyl (C=O) groups excluding carboxylic acids is 1. The first-order valence-corrected chi connectivity index (χ1v) is 6.22. The molecule has 0 aliphatic carbocycles. The lowest BCUT2D eigenvalue weighted by Gasteiger charge is -2.10. The van der Waals surface area contributed by atoms with Gasteiger partial charge in [-0.05, 0) is 12.1 Å². The fourth-order valence-corrected chi connectivity index (χ4v) is 1.93. The third-order valence-corrected chi connectivity index (χ3v) is 3.05. The highest BCUT2D eigenvalue weighted by Gasteiger charge is 2.23. The molecular weight excluding hydrogens is 320 g/mol. The van der Waals surface area contributed by atoms with Crippen LogP contribution in [-0.2, 0) is 4.74 Å². The van der Waals surface area contributed by atoms with Gasteiger partial charge in [-0.2, -0.15) is 0 Å². The van der Waals surface area contributed by atoms with Crippen molar-refractivity contribution in [1.82, 2.24) is 9.97 Å². The number of hydrogen-bond acceptors (Lipinski definition) is 6. The fraction of sp³-hybridized carbons (Fsp3) is 0.154. The van der Waals surface area contributed by atoms with E-state index in [2.05, 4.69) is 14.7 Å². The maximum absolute atomic E-state index is 14.3. The van der Waals surface area contributed by atoms with E-state index < -0.39 is 29.1 Å². The molecule has 0 fully saturated rings. The Balaban J connectivity index is 2.69. The number of hydrogen-bond donors (Lipinski definition) is 1. The van der Waals surface area contributed by atoms with Crippen molar-refractivity contribution >= 4 is 23.4 Å². The first kappa shape index (κ1) is 15.9. The molecule has 0 bridgehead atoms. The van der Waals surface area contributed by atoms with Crippen molar-refractivity contribution in [2.45, 2.75) is 0 Å². The van der Waals surface area contributed by atoms with E-state index in [-0.39, 0.29) is 22.2 Å². The molecule has 0 amide bonds. The van der Waals surface area contributed by atoms with Gasteiger partial charge in [0.15, 0.2) is 34.7 Å².